The first-order valence-corrected chi connectivity index (χ1v) is 9.75. The maximum atomic E-state index is 12.3. The number of rotatable bonds is 8. The molecule has 2 rings (SSSR count). The summed E-state index contributed by atoms with van der Waals surface area (Å²) in [5.74, 6) is 0.919. The lowest BCUT2D eigenvalue weighted by atomic mass is 10.1. The number of nitrogens with one attached hydrogen (secondary N) is 1. The van der Waals surface area contributed by atoms with Crippen LogP contribution in [0.4, 0.5) is 13.2 Å². The van der Waals surface area contributed by atoms with Crippen molar-refractivity contribution in [2.75, 3.05) is 20.2 Å². The van der Waals surface area contributed by atoms with Crippen LogP contribution in [0.2, 0.25) is 0 Å². The van der Waals surface area contributed by atoms with Crippen LogP contribution in [0.5, 0.6) is 5.88 Å². The number of aliphatic imine (C=N–C) groups is 1. The van der Waals surface area contributed by atoms with E-state index in [-0.39, 0.29) is 36.4 Å². The SMILES string of the molecule is CCNC(=NCc1ccnc(OCC(F)(F)F)c1)N(C)Cc1cn(C)nc1C(C)C.I. The first-order valence-electron chi connectivity index (χ1n) is 9.75. The molecule has 7 nitrogen and oxygen atoms in total. The van der Waals surface area contributed by atoms with Gasteiger partial charge in [0.15, 0.2) is 12.6 Å². The molecule has 2 aromatic rings. The number of pyridine rings is 1. The summed E-state index contributed by atoms with van der Waals surface area (Å²) in [6.07, 6.45) is -0.988. The Morgan fingerprint density at radius 2 is 2.06 bits per heavy atom. The summed E-state index contributed by atoms with van der Waals surface area (Å²) in [6.45, 7) is 6.40. The molecule has 0 unspecified atom stereocenters. The first kappa shape index (κ1) is 27.0. The molecular weight excluding hydrogens is 524 g/mol. The Balaban J connectivity index is 0.00000480. The molecular formula is C20H30F3IN6O. The van der Waals surface area contributed by atoms with Crippen LogP contribution in [0.25, 0.3) is 0 Å². The molecule has 31 heavy (non-hydrogen) atoms. The van der Waals surface area contributed by atoms with Gasteiger partial charge in [-0.2, -0.15) is 18.3 Å². The number of ether oxygens (including phenoxy) is 1. The summed E-state index contributed by atoms with van der Waals surface area (Å²) in [4.78, 5) is 10.4. The van der Waals surface area contributed by atoms with Gasteiger partial charge in [-0.05, 0) is 24.5 Å². The normalized spacial score (nSPS) is 12.0. The van der Waals surface area contributed by atoms with E-state index in [0.717, 1.165) is 11.3 Å². The lowest BCUT2D eigenvalue weighted by Gasteiger charge is -2.22. The second-order valence-corrected chi connectivity index (χ2v) is 7.30. The van der Waals surface area contributed by atoms with Gasteiger partial charge in [0.05, 0.1) is 12.2 Å². The summed E-state index contributed by atoms with van der Waals surface area (Å²) in [7, 11) is 3.83. The number of hydrogen-bond donors (Lipinski definition) is 1. The predicted octanol–water partition coefficient (Wildman–Crippen LogP) is 4.10. The highest BCUT2D eigenvalue weighted by Gasteiger charge is 2.28. The van der Waals surface area contributed by atoms with Gasteiger partial charge in [-0.1, -0.05) is 13.8 Å². The molecule has 1 N–H and O–H groups in total. The van der Waals surface area contributed by atoms with Crippen LogP contribution >= 0.6 is 24.0 Å². The molecule has 11 heteroatoms. The first-order chi connectivity index (χ1) is 14.1. The third kappa shape index (κ3) is 8.91. The van der Waals surface area contributed by atoms with Crippen LogP contribution in [-0.2, 0) is 20.1 Å². The number of halogens is 4. The van der Waals surface area contributed by atoms with E-state index in [4.69, 9.17) is 4.74 Å². The Kier molecular flexibility index (Phi) is 10.5. The van der Waals surface area contributed by atoms with Gasteiger partial charge in [-0.25, -0.2) is 9.98 Å². The molecule has 0 bridgehead atoms. The van der Waals surface area contributed by atoms with Gasteiger partial charge < -0.3 is 15.0 Å². The zero-order valence-corrected chi connectivity index (χ0v) is 20.7. The van der Waals surface area contributed by atoms with E-state index in [0.29, 0.717) is 30.5 Å². The average molecular weight is 554 g/mol. The smallest absolute Gasteiger partial charge is 0.422 e. The van der Waals surface area contributed by atoms with Crippen molar-refractivity contribution < 1.29 is 17.9 Å². The minimum atomic E-state index is -4.40. The van der Waals surface area contributed by atoms with E-state index in [2.05, 4.69) is 34.2 Å². The van der Waals surface area contributed by atoms with Crippen molar-refractivity contribution in [2.45, 2.75) is 46.0 Å². The molecule has 0 amide bonds. The third-order valence-corrected chi connectivity index (χ3v) is 4.18. The molecule has 0 aromatic carbocycles. The summed E-state index contributed by atoms with van der Waals surface area (Å²) in [5, 5.41) is 7.78. The van der Waals surface area contributed by atoms with Gasteiger partial charge >= 0.3 is 6.18 Å². The minimum absolute atomic E-state index is 0. The number of alkyl halides is 3. The van der Waals surface area contributed by atoms with Gasteiger partial charge in [0.2, 0.25) is 5.88 Å². The predicted molar refractivity (Wildman–Crippen MR) is 125 cm³/mol. The number of nitrogens with zero attached hydrogens (tertiary/aromatic N) is 5. The number of guanidine groups is 1. The fourth-order valence-electron chi connectivity index (χ4n) is 2.91. The monoisotopic (exact) mass is 554 g/mol. The van der Waals surface area contributed by atoms with Crippen LogP contribution in [0.3, 0.4) is 0 Å². The molecule has 2 aromatic heterocycles. The highest BCUT2D eigenvalue weighted by Crippen LogP contribution is 2.19. The van der Waals surface area contributed by atoms with E-state index < -0.39 is 12.8 Å². The fourth-order valence-corrected chi connectivity index (χ4v) is 2.91. The molecule has 0 fully saturated rings. The Labute approximate surface area is 198 Å². The van der Waals surface area contributed by atoms with Crippen molar-refractivity contribution in [2.24, 2.45) is 12.0 Å². The van der Waals surface area contributed by atoms with Gasteiger partial charge in [0.1, 0.15) is 0 Å². The van der Waals surface area contributed by atoms with E-state index in [1.807, 2.05) is 36.8 Å². The molecule has 0 atom stereocenters. The maximum Gasteiger partial charge on any atom is 0.422 e. The van der Waals surface area contributed by atoms with Gasteiger partial charge in [-0.3, -0.25) is 4.68 Å². The molecule has 0 spiro atoms. The highest BCUT2D eigenvalue weighted by atomic mass is 127. The van der Waals surface area contributed by atoms with Crippen molar-refractivity contribution in [3.63, 3.8) is 0 Å². The molecule has 0 saturated heterocycles. The van der Waals surface area contributed by atoms with Crippen LogP contribution in [0.1, 0.15) is 43.5 Å². The van der Waals surface area contributed by atoms with Crippen LogP contribution < -0.4 is 10.1 Å². The van der Waals surface area contributed by atoms with Crippen molar-refractivity contribution in [3.05, 3.63) is 41.3 Å². The molecule has 174 valence electrons. The standard InChI is InChI=1S/C20H29F3N6O.HI/c1-6-24-19(28(4)11-16-12-29(5)27-18(16)14(2)3)26-10-15-7-8-25-17(9-15)30-13-20(21,22)23;/h7-9,12,14H,6,10-11,13H2,1-5H3,(H,24,26);1H. The van der Waals surface area contributed by atoms with E-state index >= 15 is 0 Å². The van der Waals surface area contributed by atoms with E-state index in [1.165, 1.54) is 12.3 Å². The second-order valence-electron chi connectivity index (χ2n) is 7.30. The summed E-state index contributed by atoms with van der Waals surface area (Å²) < 4.78 is 43.5. The number of aryl methyl sites for hydroxylation is 1. The Morgan fingerprint density at radius 3 is 2.68 bits per heavy atom. The van der Waals surface area contributed by atoms with Crippen LogP contribution in [-0.4, -0.2) is 52.0 Å². The van der Waals surface area contributed by atoms with Gasteiger partial charge in [-0.15, -0.1) is 24.0 Å². The van der Waals surface area contributed by atoms with Crippen molar-refractivity contribution in [3.8, 4) is 5.88 Å². The lowest BCUT2D eigenvalue weighted by molar-refractivity contribution is -0.154. The zero-order chi connectivity index (χ0) is 22.3. The van der Waals surface area contributed by atoms with Gasteiger partial charge in [0, 0.05) is 51.2 Å². The topological polar surface area (TPSA) is 67.6 Å². The summed E-state index contributed by atoms with van der Waals surface area (Å²) in [5.41, 5.74) is 2.86. The quantitative estimate of drug-likeness (QED) is 0.303. The fraction of sp³-hybridized carbons (Fsp3) is 0.550. The highest BCUT2D eigenvalue weighted by molar-refractivity contribution is 14.0. The Hall–Kier alpha value is -2.05. The zero-order valence-electron chi connectivity index (χ0n) is 18.4. The second kappa shape index (κ2) is 12.1. The Morgan fingerprint density at radius 1 is 1.35 bits per heavy atom. The van der Waals surface area contributed by atoms with E-state index in [9.17, 15) is 13.2 Å². The van der Waals surface area contributed by atoms with Crippen molar-refractivity contribution in [1.82, 2.24) is 25.0 Å². The average Bonchev–Trinajstić information content (AvgIpc) is 3.03. The molecule has 2 heterocycles. The molecule has 0 saturated carbocycles. The summed E-state index contributed by atoms with van der Waals surface area (Å²) in [6, 6.07) is 3.17. The molecule has 0 aliphatic heterocycles. The third-order valence-electron chi connectivity index (χ3n) is 4.18. The number of hydrogen-bond acceptors (Lipinski definition) is 4. The van der Waals surface area contributed by atoms with Crippen molar-refractivity contribution in [1.29, 1.82) is 0 Å². The Bertz CT molecular complexity index is 854. The molecule has 0 aliphatic carbocycles. The van der Waals surface area contributed by atoms with Crippen LogP contribution in [0.15, 0.2) is 29.5 Å². The van der Waals surface area contributed by atoms with Crippen molar-refractivity contribution >= 4 is 29.9 Å². The lowest BCUT2D eigenvalue weighted by Crippen LogP contribution is -2.38. The van der Waals surface area contributed by atoms with Crippen LogP contribution in [0, 0.1) is 0 Å². The largest absolute Gasteiger partial charge is 0.468 e. The number of aromatic nitrogens is 3. The minimum Gasteiger partial charge on any atom is -0.468 e. The summed E-state index contributed by atoms with van der Waals surface area (Å²) >= 11 is 0. The van der Waals surface area contributed by atoms with E-state index in [1.54, 1.807) is 6.07 Å². The molecule has 0 aliphatic rings. The van der Waals surface area contributed by atoms with Gasteiger partial charge in [0.25, 0.3) is 0 Å². The maximum absolute atomic E-state index is 12.3. The molecule has 0 radical (unpaired) electrons.